The molecule has 0 aliphatic heterocycles. The van der Waals surface area contributed by atoms with Gasteiger partial charge in [-0.2, -0.15) is 0 Å². The van der Waals surface area contributed by atoms with Gasteiger partial charge in [0.15, 0.2) is 0 Å². The van der Waals surface area contributed by atoms with Gasteiger partial charge in [0.2, 0.25) is 0 Å². The Bertz CT molecular complexity index is 311. The van der Waals surface area contributed by atoms with E-state index in [2.05, 4.69) is 4.98 Å². The average molecular weight is 215 g/mol. The van der Waals surface area contributed by atoms with Gasteiger partial charge >= 0.3 is 5.97 Å². The van der Waals surface area contributed by atoms with Crippen LogP contribution in [0.25, 0.3) is 0 Å². The first-order valence-corrected chi connectivity index (χ1v) is 5.13. The van der Waals surface area contributed by atoms with Crippen molar-refractivity contribution in [3.8, 4) is 0 Å². The lowest BCUT2D eigenvalue weighted by molar-refractivity contribution is -0.137. The molecule has 0 saturated heterocycles. The van der Waals surface area contributed by atoms with E-state index in [0.717, 1.165) is 10.6 Å². The third-order valence-electron chi connectivity index (χ3n) is 1.94. The first-order valence-electron chi connectivity index (χ1n) is 4.26. The molecule has 1 N–H and O–H groups in total. The molecule has 1 heterocycles. The molecule has 1 aromatic heterocycles. The first-order chi connectivity index (χ1) is 6.65. The molecular weight excluding hydrogens is 202 g/mol. The van der Waals surface area contributed by atoms with Crippen LogP contribution in [0, 0.1) is 6.92 Å². The van der Waals surface area contributed by atoms with Gasteiger partial charge < -0.3 is 9.84 Å². The molecular formula is C9H13NO3S. The summed E-state index contributed by atoms with van der Waals surface area (Å²) in [6.45, 7) is 2.31. The van der Waals surface area contributed by atoms with Crippen LogP contribution in [0.15, 0.2) is 5.51 Å². The fraction of sp³-hybridized carbons (Fsp3) is 0.556. The molecule has 4 nitrogen and oxygen atoms in total. The van der Waals surface area contributed by atoms with E-state index in [4.69, 9.17) is 9.84 Å². The second kappa shape index (κ2) is 5.07. The van der Waals surface area contributed by atoms with Crippen LogP contribution in [-0.4, -0.2) is 29.8 Å². The summed E-state index contributed by atoms with van der Waals surface area (Å²) in [6, 6.07) is 0. The maximum absolute atomic E-state index is 10.6. The number of aromatic nitrogens is 1. The third kappa shape index (κ3) is 2.78. The summed E-state index contributed by atoms with van der Waals surface area (Å²) in [5, 5.41) is 8.73. The Morgan fingerprint density at radius 1 is 1.79 bits per heavy atom. The summed E-state index contributed by atoms with van der Waals surface area (Å²) >= 11 is 1.49. The number of nitrogens with zero attached hydrogens (tertiary/aromatic N) is 1. The Hall–Kier alpha value is -0.940. The minimum absolute atomic E-state index is 0.0787. The number of thiazole rings is 1. The lowest BCUT2D eigenvalue weighted by atomic mass is 10.0. The maximum atomic E-state index is 10.6. The highest BCUT2D eigenvalue weighted by Crippen LogP contribution is 2.26. The monoisotopic (exact) mass is 215 g/mol. The van der Waals surface area contributed by atoms with Gasteiger partial charge in [-0.1, -0.05) is 0 Å². The summed E-state index contributed by atoms with van der Waals surface area (Å²) in [4.78, 5) is 15.7. The van der Waals surface area contributed by atoms with Crippen molar-refractivity contribution in [2.24, 2.45) is 0 Å². The number of hydrogen-bond acceptors (Lipinski definition) is 4. The van der Waals surface area contributed by atoms with Crippen molar-refractivity contribution in [1.29, 1.82) is 0 Å². The van der Waals surface area contributed by atoms with Crippen molar-refractivity contribution >= 4 is 17.3 Å². The van der Waals surface area contributed by atoms with Crippen molar-refractivity contribution in [2.75, 3.05) is 13.7 Å². The summed E-state index contributed by atoms with van der Waals surface area (Å²) in [7, 11) is 1.57. The summed E-state index contributed by atoms with van der Waals surface area (Å²) in [5.41, 5.74) is 2.63. The van der Waals surface area contributed by atoms with E-state index < -0.39 is 5.97 Å². The molecule has 14 heavy (non-hydrogen) atoms. The molecule has 0 saturated carbocycles. The van der Waals surface area contributed by atoms with Gasteiger partial charge in [-0.05, 0) is 6.92 Å². The van der Waals surface area contributed by atoms with E-state index in [1.54, 1.807) is 12.6 Å². The Kier molecular flexibility index (Phi) is 4.03. The molecule has 0 aromatic carbocycles. The number of carboxylic acid groups (broad SMARTS) is 1. The van der Waals surface area contributed by atoms with Crippen molar-refractivity contribution in [3.05, 3.63) is 16.1 Å². The van der Waals surface area contributed by atoms with Gasteiger partial charge in [-0.15, -0.1) is 11.3 Å². The van der Waals surface area contributed by atoms with Crippen LogP contribution in [-0.2, 0) is 9.53 Å². The van der Waals surface area contributed by atoms with Crippen LogP contribution < -0.4 is 0 Å². The topological polar surface area (TPSA) is 59.4 Å². The fourth-order valence-corrected chi connectivity index (χ4v) is 2.23. The molecule has 1 aromatic rings. The third-order valence-corrected chi connectivity index (χ3v) is 3.04. The molecule has 1 unspecified atom stereocenters. The van der Waals surface area contributed by atoms with Crippen molar-refractivity contribution in [1.82, 2.24) is 4.98 Å². The van der Waals surface area contributed by atoms with Gasteiger partial charge in [0.05, 0.1) is 24.2 Å². The second-order valence-electron chi connectivity index (χ2n) is 3.05. The molecule has 1 rings (SSSR count). The zero-order valence-electron chi connectivity index (χ0n) is 8.19. The van der Waals surface area contributed by atoms with Crippen LogP contribution in [0.4, 0.5) is 0 Å². The lowest BCUT2D eigenvalue weighted by Gasteiger charge is -2.12. The molecule has 5 heteroatoms. The van der Waals surface area contributed by atoms with Gasteiger partial charge in [-0.3, -0.25) is 4.79 Å². The number of carboxylic acids is 1. The van der Waals surface area contributed by atoms with E-state index in [1.165, 1.54) is 11.3 Å². The zero-order valence-corrected chi connectivity index (χ0v) is 9.00. The zero-order chi connectivity index (χ0) is 10.6. The first kappa shape index (κ1) is 11.1. The summed E-state index contributed by atoms with van der Waals surface area (Å²) < 4.78 is 5.00. The standard InChI is InChI=1S/C9H13NO3S/c1-6-9(14-5-10-6)7(4-13-2)3-8(11)12/h5,7H,3-4H2,1-2H3,(H,11,12). The number of aryl methyl sites for hydroxylation is 1. The largest absolute Gasteiger partial charge is 0.481 e. The second-order valence-corrected chi connectivity index (χ2v) is 3.94. The van der Waals surface area contributed by atoms with Crippen LogP contribution in [0.3, 0.4) is 0 Å². The predicted molar refractivity (Wildman–Crippen MR) is 53.7 cm³/mol. The molecule has 1 atom stereocenters. The molecule has 0 fully saturated rings. The van der Waals surface area contributed by atoms with Crippen LogP contribution >= 0.6 is 11.3 Å². The van der Waals surface area contributed by atoms with Crippen molar-refractivity contribution < 1.29 is 14.6 Å². The minimum atomic E-state index is -0.806. The Balaban J connectivity index is 2.77. The Morgan fingerprint density at radius 2 is 2.50 bits per heavy atom. The van der Waals surface area contributed by atoms with Crippen molar-refractivity contribution in [2.45, 2.75) is 19.3 Å². The van der Waals surface area contributed by atoms with Crippen molar-refractivity contribution in [3.63, 3.8) is 0 Å². The number of aliphatic carboxylic acids is 1. The van der Waals surface area contributed by atoms with Crippen LogP contribution in [0.5, 0.6) is 0 Å². The van der Waals surface area contributed by atoms with Gasteiger partial charge in [0, 0.05) is 17.9 Å². The molecule has 0 spiro atoms. The lowest BCUT2D eigenvalue weighted by Crippen LogP contribution is -2.11. The molecule has 0 amide bonds. The minimum Gasteiger partial charge on any atom is -0.481 e. The molecule has 0 aliphatic rings. The number of hydrogen-bond donors (Lipinski definition) is 1. The number of methoxy groups -OCH3 is 1. The average Bonchev–Trinajstić information content (AvgIpc) is 2.50. The predicted octanol–water partition coefficient (Wildman–Crippen LogP) is 1.66. The highest BCUT2D eigenvalue weighted by molar-refractivity contribution is 7.09. The molecule has 0 aliphatic carbocycles. The number of rotatable bonds is 5. The van der Waals surface area contributed by atoms with Crippen LogP contribution in [0.2, 0.25) is 0 Å². The Labute approximate surface area is 86.6 Å². The highest BCUT2D eigenvalue weighted by atomic mass is 32.1. The van der Waals surface area contributed by atoms with Gasteiger partial charge in [0.25, 0.3) is 0 Å². The molecule has 78 valence electrons. The summed E-state index contributed by atoms with van der Waals surface area (Å²) in [6.07, 6.45) is 0.0941. The fourth-order valence-electron chi connectivity index (χ4n) is 1.34. The maximum Gasteiger partial charge on any atom is 0.304 e. The molecule has 0 radical (unpaired) electrons. The van der Waals surface area contributed by atoms with E-state index in [0.29, 0.717) is 6.61 Å². The van der Waals surface area contributed by atoms with Crippen LogP contribution in [0.1, 0.15) is 22.9 Å². The van der Waals surface area contributed by atoms with E-state index in [-0.39, 0.29) is 12.3 Å². The van der Waals surface area contributed by atoms with Gasteiger partial charge in [0.1, 0.15) is 0 Å². The van der Waals surface area contributed by atoms with E-state index in [1.807, 2.05) is 6.92 Å². The Morgan fingerprint density at radius 3 is 2.93 bits per heavy atom. The number of ether oxygens (including phenoxy) is 1. The quantitative estimate of drug-likeness (QED) is 0.811. The summed E-state index contributed by atoms with van der Waals surface area (Å²) in [5.74, 6) is -0.884. The normalized spacial score (nSPS) is 12.7. The van der Waals surface area contributed by atoms with Gasteiger partial charge in [-0.25, -0.2) is 4.98 Å². The molecule has 0 bridgehead atoms. The number of carbonyl (C=O) groups is 1. The SMILES string of the molecule is COCC(CC(=O)O)c1scnc1C. The van der Waals surface area contributed by atoms with E-state index >= 15 is 0 Å². The highest BCUT2D eigenvalue weighted by Gasteiger charge is 2.19. The van der Waals surface area contributed by atoms with E-state index in [9.17, 15) is 4.79 Å². The smallest absolute Gasteiger partial charge is 0.304 e.